The Bertz CT molecular complexity index is 839. The molecule has 6 heteroatoms. The second-order valence-electron chi connectivity index (χ2n) is 6.59. The minimum Gasteiger partial charge on any atom is -0.292 e. The van der Waals surface area contributed by atoms with Gasteiger partial charge in [0.15, 0.2) is 11.6 Å². The predicted molar refractivity (Wildman–Crippen MR) is 115 cm³/mol. The topological polar surface area (TPSA) is 58.9 Å². The number of aliphatic imine (C=N–C) groups is 2. The maximum absolute atomic E-state index is 12.3. The van der Waals surface area contributed by atoms with Crippen LogP contribution < -0.4 is 0 Å². The first-order chi connectivity index (χ1) is 13.5. The number of Topliss-reactive ketones (excluding diaryl/α,β-unsaturated/α-hetero) is 2. The van der Waals surface area contributed by atoms with Gasteiger partial charge in [-0.2, -0.15) is 0 Å². The van der Waals surface area contributed by atoms with Gasteiger partial charge >= 0.3 is 0 Å². The molecule has 0 aliphatic heterocycles. The lowest BCUT2D eigenvalue weighted by Crippen LogP contribution is -2.22. The molecule has 0 N–H and O–H groups in total. The fourth-order valence-electron chi connectivity index (χ4n) is 3.00. The normalized spacial score (nSPS) is 17.1. The molecule has 2 aromatic carbocycles. The van der Waals surface area contributed by atoms with E-state index >= 15 is 0 Å². The summed E-state index contributed by atoms with van der Waals surface area (Å²) in [6, 6.07) is 13.6. The molecule has 0 atom stereocenters. The number of nitrogens with zero attached hydrogens (tertiary/aromatic N) is 2. The number of carbonyl (C=O) groups excluding carboxylic acids is 2. The van der Waals surface area contributed by atoms with Crippen LogP contribution in [0.25, 0.3) is 0 Å². The highest BCUT2D eigenvalue weighted by Crippen LogP contribution is 2.16. The van der Waals surface area contributed by atoms with Gasteiger partial charge in [-0.3, -0.25) is 19.6 Å². The van der Waals surface area contributed by atoms with E-state index in [-0.39, 0.29) is 24.7 Å². The Morgan fingerprint density at radius 1 is 0.679 bits per heavy atom. The van der Waals surface area contributed by atoms with Crippen molar-refractivity contribution in [2.24, 2.45) is 9.98 Å². The molecule has 28 heavy (non-hydrogen) atoms. The van der Waals surface area contributed by atoms with Crippen LogP contribution in [0, 0.1) is 0 Å². The maximum atomic E-state index is 12.3. The third-order valence-corrected chi connectivity index (χ3v) is 5.07. The van der Waals surface area contributed by atoms with Crippen LogP contribution in [0.2, 0.25) is 10.0 Å². The molecule has 1 aliphatic rings. The molecule has 1 fully saturated rings. The zero-order chi connectivity index (χ0) is 19.9. The first-order valence-electron chi connectivity index (χ1n) is 9.17. The number of rotatable bonds is 6. The summed E-state index contributed by atoms with van der Waals surface area (Å²) in [5, 5.41) is 1.19. The highest BCUT2D eigenvalue weighted by atomic mass is 35.5. The van der Waals surface area contributed by atoms with Crippen LogP contribution in [0.5, 0.6) is 0 Å². The molecule has 3 rings (SSSR count). The van der Waals surface area contributed by atoms with Gasteiger partial charge in [0.2, 0.25) is 0 Å². The molecule has 1 aliphatic carbocycles. The minimum absolute atomic E-state index is 0.0636. The van der Waals surface area contributed by atoms with Crippen molar-refractivity contribution in [3.05, 3.63) is 69.7 Å². The zero-order valence-corrected chi connectivity index (χ0v) is 16.8. The lowest BCUT2D eigenvalue weighted by atomic mass is 9.96. The lowest BCUT2D eigenvalue weighted by Gasteiger charge is -2.16. The van der Waals surface area contributed by atoms with E-state index in [2.05, 4.69) is 9.98 Å². The molecule has 0 amide bonds. The van der Waals surface area contributed by atoms with Crippen LogP contribution in [-0.2, 0) is 0 Å². The largest absolute Gasteiger partial charge is 0.292 e. The first-order valence-corrected chi connectivity index (χ1v) is 9.93. The van der Waals surface area contributed by atoms with E-state index in [0.29, 0.717) is 21.2 Å². The Labute approximate surface area is 174 Å². The quantitative estimate of drug-likeness (QED) is 0.584. The Balaban J connectivity index is 1.67. The molecule has 0 bridgehead atoms. The van der Waals surface area contributed by atoms with Gasteiger partial charge in [0, 0.05) is 21.2 Å². The predicted octanol–water partition coefficient (Wildman–Crippen LogP) is 5.52. The van der Waals surface area contributed by atoms with Gasteiger partial charge < -0.3 is 0 Å². The van der Waals surface area contributed by atoms with Gasteiger partial charge in [-0.1, -0.05) is 23.2 Å². The maximum Gasteiger partial charge on any atom is 0.184 e. The Kier molecular flexibility index (Phi) is 7.12. The number of carbonyl (C=O) groups is 2. The summed E-state index contributed by atoms with van der Waals surface area (Å²) in [6.45, 7) is 0.141. The average Bonchev–Trinajstić information content (AvgIpc) is 2.72. The Morgan fingerprint density at radius 3 is 1.39 bits per heavy atom. The highest BCUT2D eigenvalue weighted by molar-refractivity contribution is 6.43. The van der Waals surface area contributed by atoms with Crippen molar-refractivity contribution >= 4 is 46.2 Å². The first kappa shape index (κ1) is 20.4. The van der Waals surface area contributed by atoms with Gasteiger partial charge in [0.1, 0.15) is 13.1 Å². The van der Waals surface area contributed by atoms with Crippen LogP contribution in [0.3, 0.4) is 0 Å². The van der Waals surface area contributed by atoms with Gasteiger partial charge in [0.25, 0.3) is 0 Å². The van der Waals surface area contributed by atoms with Gasteiger partial charge in [-0.05, 0) is 74.2 Å². The van der Waals surface area contributed by atoms with E-state index in [1.54, 1.807) is 48.5 Å². The molecule has 0 spiro atoms. The summed E-state index contributed by atoms with van der Waals surface area (Å²) >= 11 is 11.7. The molecule has 1 saturated carbocycles. The van der Waals surface area contributed by atoms with Crippen molar-refractivity contribution in [2.45, 2.75) is 25.7 Å². The number of halogens is 2. The van der Waals surface area contributed by atoms with Crippen LogP contribution in [0.1, 0.15) is 46.4 Å². The number of benzene rings is 2. The minimum atomic E-state index is -0.0636. The molecule has 0 radical (unpaired) electrons. The summed E-state index contributed by atoms with van der Waals surface area (Å²) in [4.78, 5) is 33.7. The van der Waals surface area contributed by atoms with E-state index in [9.17, 15) is 9.59 Å². The summed E-state index contributed by atoms with van der Waals surface area (Å²) in [5.41, 5.74) is 2.83. The summed E-state index contributed by atoms with van der Waals surface area (Å²) in [6.07, 6.45) is 3.58. The molecule has 4 nitrogen and oxygen atoms in total. The van der Waals surface area contributed by atoms with E-state index < -0.39 is 0 Å². The third kappa shape index (κ3) is 5.60. The molecule has 2 aromatic rings. The van der Waals surface area contributed by atoms with Crippen molar-refractivity contribution in [3.63, 3.8) is 0 Å². The number of ketones is 2. The van der Waals surface area contributed by atoms with Crippen molar-refractivity contribution in [1.82, 2.24) is 0 Å². The summed E-state index contributed by atoms with van der Waals surface area (Å²) < 4.78 is 0. The van der Waals surface area contributed by atoms with E-state index in [1.165, 1.54) is 0 Å². The second-order valence-corrected chi connectivity index (χ2v) is 7.47. The summed E-state index contributed by atoms with van der Waals surface area (Å²) in [7, 11) is 0. The summed E-state index contributed by atoms with van der Waals surface area (Å²) in [5.74, 6) is -0.127. The number of hydrogen-bond acceptors (Lipinski definition) is 4. The van der Waals surface area contributed by atoms with E-state index in [1.807, 2.05) is 0 Å². The molecule has 144 valence electrons. The second kappa shape index (κ2) is 9.76. The number of hydrogen-bond donors (Lipinski definition) is 0. The molecular formula is C22H20Cl2N2O2. The highest BCUT2D eigenvalue weighted by Gasteiger charge is 2.16. The van der Waals surface area contributed by atoms with Crippen molar-refractivity contribution < 1.29 is 9.59 Å². The third-order valence-electron chi connectivity index (χ3n) is 4.57. The van der Waals surface area contributed by atoms with Crippen molar-refractivity contribution in [2.75, 3.05) is 13.1 Å². The molecule has 0 aromatic heterocycles. The van der Waals surface area contributed by atoms with E-state index in [4.69, 9.17) is 23.2 Å². The van der Waals surface area contributed by atoms with E-state index in [0.717, 1.165) is 37.1 Å². The molecule has 0 unspecified atom stereocenters. The van der Waals surface area contributed by atoms with Crippen LogP contribution in [0.15, 0.2) is 58.5 Å². The van der Waals surface area contributed by atoms with Gasteiger partial charge in [-0.15, -0.1) is 0 Å². The standard InChI is InChI=1S/C22H20Cl2N2O2/c23-17-9-5-15(6-10-17)21(27)13-25-19-3-1-2-4-20(19)26-14-22(28)16-7-11-18(24)12-8-16/h5-12H,1-4,13-14H2/b25-19-,26-20-. The van der Waals surface area contributed by atoms with Crippen molar-refractivity contribution in [1.29, 1.82) is 0 Å². The van der Waals surface area contributed by atoms with Crippen LogP contribution >= 0.6 is 23.2 Å². The monoisotopic (exact) mass is 414 g/mol. The smallest absolute Gasteiger partial charge is 0.184 e. The average molecular weight is 415 g/mol. The van der Waals surface area contributed by atoms with Gasteiger partial charge in [0.05, 0.1) is 11.4 Å². The Morgan fingerprint density at radius 2 is 1.04 bits per heavy atom. The SMILES string of the molecule is O=C(C/N=C1/CCCC/C1=N/CC(=O)c1ccc(Cl)cc1)c1ccc(Cl)cc1. The van der Waals surface area contributed by atoms with Crippen LogP contribution in [0.4, 0.5) is 0 Å². The molecule has 0 heterocycles. The fourth-order valence-corrected chi connectivity index (χ4v) is 3.25. The molecule has 0 saturated heterocycles. The zero-order valence-electron chi connectivity index (χ0n) is 15.3. The van der Waals surface area contributed by atoms with Crippen LogP contribution in [-0.4, -0.2) is 36.1 Å². The van der Waals surface area contributed by atoms with Crippen molar-refractivity contribution in [3.8, 4) is 0 Å². The Hall–Kier alpha value is -2.30. The van der Waals surface area contributed by atoms with Gasteiger partial charge in [-0.25, -0.2) is 0 Å². The molecular weight excluding hydrogens is 395 g/mol. The lowest BCUT2D eigenvalue weighted by molar-refractivity contribution is 0.0994. The fraction of sp³-hybridized carbons (Fsp3) is 0.273.